The fourth-order valence-electron chi connectivity index (χ4n) is 2.89. The van der Waals surface area contributed by atoms with Crippen LogP contribution in [0.3, 0.4) is 0 Å². The van der Waals surface area contributed by atoms with Gasteiger partial charge in [0.2, 0.25) is 0 Å². The van der Waals surface area contributed by atoms with Gasteiger partial charge in [-0.15, -0.1) is 0 Å². The second kappa shape index (κ2) is 29.1. The molecule has 1 rings (SSSR count). The maximum Gasteiger partial charge on any atom is 0.422 e. The van der Waals surface area contributed by atoms with E-state index in [1.54, 1.807) is 7.05 Å². The van der Waals surface area contributed by atoms with Crippen LogP contribution in [0.4, 0.5) is 26.3 Å². The van der Waals surface area contributed by atoms with E-state index in [9.17, 15) is 26.3 Å². The molecule has 40 heavy (non-hydrogen) atoms. The van der Waals surface area contributed by atoms with Crippen molar-refractivity contribution < 1.29 is 40.9 Å². The highest BCUT2D eigenvalue weighted by molar-refractivity contribution is 8.01. The summed E-state index contributed by atoms with van der Waals surface area (Å²) in [6.07, 6.45) is 1.30. The van der Waals surface area contributed by atoms with Crippen molar-refractivity contribution in [3.63, 3.8) is 0 Å². The number of rotatable bonds is 11. The van der Waals surface area contributed by atoms with Crippen LogP contribution in [-0.2, 0) is 9.47 Å². The lowest BCUT2D eigenvalue weighted by Crippen LogP contribution is -2.17. The zero-order valence-electron chi connectivity index (χ0n) is 25.5. The number of aliphatic hydroxyl groups is 1. The summed E-state index contributed by atoms with van der Waals surface area (Å²) in [6, 6.07) is 0. The molecule has 1 aliphatic carbocycles. The number of hydrogen-bond donors (Lipinski definition) is 3. The lowest BCUT2D eigenvalue weighted by atomic mass is 9.90. The van der Waals surface area contributed by atoms with Crippen molar-refractivity contribution in [3.05, 3.63) is 35.2 Å². The molecule has 0 saturated heterocycles. The molecule has 4 N–H and O–H groups in total. The molecule has 0 bridgehead atoms. The molecule has 1 aliphatic rings. The average molecular weight is 614 g/mol. The topological polar surface area (TPSA) is 80.0 Å². The fourth-order valence-corrected chi connectivity index (χ4v) is 3.43. The molecule has 0 spiro atoms. The van der Waals surface area contributed by atoms with Crippen LogP contribution in [0.2, 0.25) is 0 Å². The third kappa shape index (κ3) is 36.6. The van der Waals surface area contributed by atoms with Crippen molar-refractivity contribution in [1.82, 2.24) is 9.62 Å². The van der Waals surface area contributed by atoms with Crippen molar-refractivity contribution >= 4 is 11.9 Å². The largest absolute Gasteiger partial charge is 0.485 e. The van der Waals surface area contributed by atoms with E-state index < -0.39 is 25.6 Å². The van der Waals surface area contributed by atoms with E-state index >= 15 is 0 Å². The third-order valence-electron chi connectivity index (χ3n) is 4.56. The molecule has 0 aliphatic heterocycles. The van der Waals surface area contributed by atoms with Crippen LogP contribution in [0.1, 0.15) is 66.2 Å². The molecular formula is C27H53F6N3O3S. The Morgan fingerprint density at radius 2 is 1.48 bits per heavy atom. The predicted molar refractivity (Wildman–Crippen MR) is 156 cm³/mol. The van der Waals surface area contributed by atoms with Gasteiger partial charge in [0.15, 0.2) is 13.2 Å². The van der Waals surface area contributed by atoms with Crippen molar-refractivity contribution in [2.45, 2.75) is 78.6 Å². The summed E-state index contributed by atoms with van der Waals surface area (Å²) >= 11 is 0.995. The Bertz CT molecular complexity index is 638. The van der Waals surface area contributed by atoms with E-state index in [1.807, 2.05) is 13.8 Å². The van der Waals surface area contributed by atoms with Crippen LogP contribution >= 0.6 is 11.9 Å². The molecular weight excluding hydrogens is 560 g/mol. The van der Waals surface area contributed by atoms with Gasteiger partial charge in [0, 0.05) is 12.0 Å². The van der Waals surface area contributed by atoms with Crippen LogP contribution in [0.15, 0.2) is 35.2 Å². The minimum absolute atomic E-state index is 0.159. The first kappa shape index (κ1) is 45.6. The number of hydrogen-bond acceptors (Lipinski definition) is 7. The van der Waals surface area contributed by atoms with Gasteiger partial charge >= 0.3 is 12.4 Å². The second-order valence-electron chi connectivity index (χ2n) is 8.38. The molecule has 1 fully saturated rings. The van der Waals surface area contributed by atoms with Crippen molar-refractivity contribution in [3.8, 4) is 0 Å². The van der Waals surface area contributed by atoms with Crippen molar-refractivity contribution in [2.24, 2.45) is 11.7 Å². The number of allylic oxidation sites excluding steroid dienone is 3. The third-order valence-corrected chi connectivity index (χ3v) is 5.28. The highest BCUT2D eigenvalue weighted by Crippen LogP contribution is 2.23. The predicted octanol–water partition coefficient (Wildman–Crippen LogP) is 7.43. The highest BCUT2D eigenvalue weighted by Gasteiger charge is 2.29. The maximum atomic E-state index is 12.2. The van der Waals surface area contributed by atoms with Crippen LogP contribution in [0, 0.1) is 5.92 Å². The molecule has 0 aromatic carbocycles. The molecule has 0 radical (unpaired) electrons. The lowest BCUT2D eigenvalue weighted by Gasteiger charge is -2.18. The standard InChI is InChI=1S/C12H15F6NO2S.C7H15N.C5H13N.C2H6.CH4O/c1-8(20-6-11(13,14)15)4-5-10(9(2)22-19-3)21-7-12(16,17)18;8-6-7-4-2-1-3-5-7;1-4-5-6(2)3;2*1-2/h4-5,19H,1,6-7H2,2-3H3;7H,1-6,8H2;4-5H2,1-3H3;1-2H3;2H,1H3/b5-4-,10-9-;;;;. The number of nitrogens with two attached hydrogens (primary N) is 1. The van der Waals surface area contributed by atoms with Gasteiger partial charge in [-0.1, -0.05) is 46.6 Å². The molecule has 0 amide bonds. The molecule has 1 saturated carbocycles. The number of alkyl halides is 6. The van der Waals surface area contributed by atoms with E-state index in [0.29, 0.717) is 4.91 Å². The monoisotopic (exact) mass is 613 g/mol. The van der Waals surface area contributed by atoms with Gasteiger partial charge in [-0.05, 0) is 90.4 Å². The SMILES string of the molecule is C=C(/C=C\C(OCC(F)(F)F)=C(/C)SNC)OCC(F)(F)F.CC.CCCN(C)C.CO.NCC1CCCCC1. The summed E-state index contributed by atoms with van der Waals surface area (Å²) in [6.45, 7) is 9.94. The van der Waals surface area contributed by atoms with Crippen LogP contribution in [0.25, 0.3) is 0 Å². The molecule has 0 aromatic heterocycles. The number of halogens is 6. The first-order chi connectivity index (χ1) is 18.6. The Balaban J connectivity index is -0.000000291. The highest BCUT2D eigenvalue weighted by atomic mass is 32.2. The average Bonchev–Trinajstić information content (AvgIpc) is 2.90. The summed E-state index contributed by atoms with van der Waals surface area (Å²) in [7, 11) is 6.72. The van der Waals surface area contributed by atoms with E-state index in [-0.39, 0.29) is 11.5 Å². The molecule has 6 nitrogen and oxygen atoms in total. The normalized spacial score (nSPS) is 14.2. The molecule has 0 aromatic rings. The van der Waals surface area contributed by atoms with E-state index in [4.69, 9.17) is 10.8 Å². The van der Waals surface area contributed by atoms with Gasteiger partial charge in [0.05, 0.1) is 0 Å². The van der Waals surface area contributed by atoms with E-state index in [1.165, 1.54) is 52.0 Å². The summed E-state index contributed by atoms with van der Waals surface area (Å²) in [5.74, 6) is 0.352. The Hall–Kier alpha value is -1.41. The summed E-state index contributed by atoms with van der Waals surface area (Å²) < 4.78 is 83.8. The van der Waals surface area contributed by atoms with Crippen LogP contribution in [0.5, 0.6) is 0 Å². The summed E-state index contributed by atoms with van der Waals surface area (Å²) in [5, 5.41) is 7.00. The molecule has 13 heteroatoms. The maximum absolute atomic E-state index is 12.2. The lowest BCUT2D eigenvalue weighted by molar-refractivity contribution is -0.164. The van der Waals surface area contributed by atoms with Gasteiger partial charge in [-0.2, -0.15) is 26.3 Å². The van der Waals surface area contributed by atoms with Gasteiger partial charge < -0.3 is 25.2 Å². The second-order valence-corrected chi connectivity index (χ2v) is 9.60. The zero-order chi connectivity index (χ0) is 32.2. The minimum atomic E-state index is -4.53. The molecule has 0 unspecified atom stereocenters. The van der Waals surface area contributed by atoms with Gasteiger partial charge in [0.25, 0.3) is 0 Å². The number of ether oxygens (including phenoxy) is 2. The Kier molecular flexibility index (Phi) is 33.1. The van der Waals surface area contributed by atoms with Gasteiger partial charge in [-0.25, -0.2) is 0 Å². The van der Waals surface area contributed by atoms with Gasteiger partial charge in [0.1, 0.15) is 11.5 Å². The van der Waals surface area contributed by atoms with Crippen molar-refractivity contribution in [1.29, 1.82) is 0 Å². The summed E-state index contributed by atoms with van der Waals surface area (Å²) in [5.41, 5.74) is 5.50. The quantitative estimate of drug-likeness (QED) is 0.0968. The summed E-state index contributed by atoms with van der Waals surface area (Å²) in [4.78, 5) is 2.53. The Morgan fingerprint density at radius 3 is 1.80 bits per heavy atom. The number of aliphatic hydroxyl groups excluding tert-OH is 1. The minimum Gasteiger partial charge on any atom is -0.485 e. The fraction of sp³-hybridized carbons (Fsp3) is 0.778. The van der Waals surface area contributed by atoms with E-state index in [2.05, 4.69) is 46.7 Å². The molecule has 0 atom stereocenters. The Labute approximate surface area is 242 Å². The van der Waals surface area contributed by atoms with Gasteiger partial charge in [-0.3, -0.25) is 4.72 Å². The molecule has 0 heterocycles. The first-order valence-corrected chi connectivity index (χ1v) is 14.1. The number of nitrogens with zero attached hydrogens (tertiary/aromatic N) is 1. The van der Waals surface area contributed by atoms with E-state index in [0.717, 1.165) is 43.7 Å². The molecule has 242 valence electrons. The zero-order valence-corrected chi connectivity index (χ0v) is 26.3. The van der Waals surface area contributed by atoms with Crippen LogP contribution in [-0.4, -0.2) is 76.9 Å². The first-order valence-electron chi connectivity index (χ1n) is 13.2. The Morgan fingerprint density at radius 1 is 1.00 bits per heavy atom. The smallest absolute Gasteiger partial charge is 0.422 e. The van der Waals surface area contributed by atoms with Crippen LogP contribution < -0.4 is 10.5 Å². The number of nitrogens with one attached hydrogen (secondary N) is 1. The van der Waals surface area contributed by atoms with Crippen molar-refractivity contribution in [2.75, 3.05) is 54.6 Å².